The van der Waals surface area contributed by atoms with Gasteiger partial charge in [0.25, 0.3) is 0 Å². The van der Waals surface area contributed by atoms with E-state index in [1.165, 1.54) is 23.3 Å². The van der Waals surface area contributed by atoms with E-state index in [9.17, 15) is 9.18 Å². The zero-order valence-corrected chi connectivity index (χ0v) is 16.9. The van der Waals surface area contributed by atoms with Crippen LogP contribution in [-0.2, 0) is 4.79 Å². The minimum atomic E-state index is -0.278. The van der Waals surface area contributed by atoms with E-state index >= 15 is 0 Å². The molecule has 5 heteroatoms. The van der Waals surface area contributed by atoms with Gasteiger partial charge in [0.2, 0.25) is 5.91 Å². The summed E-state index contributed by atoms with van der Waals surface area (Å²) in [6, 6.07) is 20.4. The molecular formula is C24H23FN2OS. The van der Waals surface area contributed by atoms with Gasteiger partial charge in [-0.25, -0.2) is 4.39 Å². The van der Waals surface area contributed by atoms with Gasteiger partial charge in [-0.15, -0.1) is 11.3 Å². The first-order valence-corrected chi connectivity index (χ1v) is 10.6. The first-order chi connectivity index (χ1) is 14.2. The molecule has 1 aromatic heterocycles. The van der Waals surface area contributed by atoms with E-state index < -0.39 is 0 Å². The lowest BCUT2D eigenvalue weighted by molar-refractivity contribution is -0.122. The number of halogens is 1. The molecule has 1 aliphatic rings. The summed E-state index contributed by atoms with van der Waals surface area (Å²) in [6.45, 7) is 1.97. The first kappa shape index (κ1) is 19.6. The smallest absolute Gasteiger partial charge is 0.234 e. The van der Waals surface area contributed by atoms with Crippen LogP contribution in [0.4, 0.5) is 4.39 Å². The van der Waals surface area contributed by atoms with Gasteiger partial charge in [0.15, 0.2) is 0 Å². The van der Waals surface area contributed by atoms with Gasteiger partial charge in [-0.1, -0.05) is 54.6 Å². The second-order valence-electron chi connectivity index (χ2n) is 7.15. The Morgan fingerprint density at radius 1 is 1.07 bits per heavy atom. The summed E-state index contributed by atoms with van der Waals surface area (Å²) in [5, 5.41) is 5.12. The number of rotatable bonds is 6. The van der Waals surface area contributed by atoms with Crippen molar-refractivity contribution in [1.82, 2.24) is 10.2 Å². The fraction of sp³-hybridized carbons (Fsp3) is 0.208. The maximum absolute atomic E-state index is 13.3. The number of hydrogen-bond acceptors (Lipinski definition) is 3. The Hall–Kier alpha value is -2.76. The summed E-state index contributed by atoms with van der Waals surface area (Å²) in [5.41, 5.74) is 3.47. The largest absolute Gasteiger partial charge is 0.343 e. The molecule has 29 heavy (non-hydrogen) atoms. The van der Waals surface area contributed by atoms with Gasteiger partial charge in [-0.2, -0.15) is 0 Å². The Morgan fingerprint density at radius 2 is 1.86 bits per heavy atom. The quantitative estimate of drug-likeness (QED) is 0.633. The average Bonchev–Trinajstić information content (AvgIpc) is 3.29. The van der Waals surface area contributed by atoms with Gasteiger partial charge >= 0.3 is 0 Å². The Labute approximate surface area is 174 Å². The van der Waals surface area contributed by atoms with E-state index in [0.717, 1.165) is 30.0 Å². The van der Waals surface area contributed by atoms with Gasteiger partial charge in [-0.05, 0) is 46.7 Å². The second-order valence-corrected chi connectivity index (χ2v) is 8.13. The van der Waals surface area contributed by atoms with E-state index in [-0.39, 0.29) is 17.8 Å². The van der Waals surface area contributed by atoms with Gasteiger partial charge in [0.1, 0.15) is 5.82 Å². The van der Waals surface area contributed by atoms with Crippen LogP contribution in [0, 0.1) is 5.82 Å². The molecule has 1 atom stereocenters. The van der Waals surface area contributed by atoms with Crippen molar-refractivity contribution in [2.45, 2.75) is 12.5 Å². The van der Waals surface area contributed by atoms with Gasteiger partial charge in [-0.3, -0.25) is 9.69 Å². The third-order valence-electron chi connectivity index (χ3n) is 5.14. The summed E-state index contributed by atoms with van der Waals surface area (Å²) >= 11 is 1.58. The molecule has 1 amide bonds. The fourth-order valence-electron chi connectivity index (χ4n) is 3.61. The molecule has 0 fully saturated rings. The number of hydrogen-bond donors (Lipinski definition) is 1. The lowest BCUT2D eigenvalue weighted by atomic mass is 9.99. The van der Waals surface area contributed by atoms with Crippen molar-refractivity contribution in [2.24, 2.45) is 0 Å². The van der Waals surface area contributed by atoms with Crippen LogP contribution in [0.15, 0.2) is 78.2 Å². The molecule has 0 spiro atoms. The van der Waals surface area contributed by atoms with Crippen LogP contribution in [0.2, 0.25) is 0 Å². The number of nitrogens with one attached hydrogen (secondary N) is 1. The summed E-state index contributed by atoms with van der Waals surface area (Å²) in [4.78, 5) is 16.0. The molecule has 0 unspecified atom stereocenters. The highest BCUT2D eigenvalue weighted by Gasteiger charge is 2.21. The molecule has 1 N–H and O–H groups in total. The molecule has 148 valence electrons. The Bertz CT molecular complexity index is 968. The minimum absolute atomic E-state index is 0.0238. The number of nitrogens with zero attached hydrogens (tertiary/aromatic N) is 1. The number of thiophene rings is 1. The van der Waals surface area contributed by atoms with Crippen LogP contribution in [0.3, 0.4) is 0 Å². The molecule has 2 heterocycles. The molecule has 0 radical (unpaired) electrons. The average molecular weight is 407 g/mol. The van der Waals surface area contributed by atoms with Crippen LogP contribution in [0.25, 0.3) is 5.57 Å². The zero-order valence-electron chi connectivity index (χ0n) is 16.1. The third kappa shape index (κ3) is 5.00. The highest BCUT2D eigenvalue weighted by Crippen LogP contribution is 2.26. The molecule has 0 saturated heterocycles. The third-order valence-corrected chi connectivity index (χ3v) is 6.08. The van der Waals surface area contributed by atoms with Crippen LogP contribution in [-0.4, -0.2) is 30.4 Å². The van der Waals surface area contributed by atoms with Crippen molar-refractivity contribution in [3.05, 3.63) is 100 Å². The highest BCUT2D eigenvalue weighted by atomic mass is 32.1. The van der Waals surface area contributed by atoms with E-state index in [0.29, 0.717) is 6.54 Å². The molecule has 1 aliphatic heterocycles. The molecular weight excluding hydrogens is 383 g/mol. The van der Waals surface area contributed by atoms with Gasteiger partial charge in [0.05, 0.1) is 12.6 Å². The van der Waals surface area contributed by atoms with Gasteiger partial charge in [0, 0.05) is 18.0 Å². The Kier molecular flexibility index (Phi) is 6.17. The molecule has 0 aliphatic carbocycles. The van der Waals surface area contributed by atoms with Crippen LogP contribution >= 0.6 is 11.3 Å². The topological polar surface area (TPSA) is 32.3 Å². The lowest BCUT2D eigenvalue weighted by Crippen LogP contribution is -2.40. The van der Waals surface area contributed by atoms with E-state index in [2.05, 4.69) is 40.6 Å². The standard InChI is InChI=1S/C24H23FN2OS/c25-21-10-8-20(9-11-21)24(22-7-4-16-29-22)26-23(28)17-27-14-12-19(13-15-27)18-5-2-1-3-6-18/h1-12,16,24H,13-15,17H2,(H,26,28)/t24-/m0/s1. The summed E-state index contributed by atoms with van der Waals surface area (Å²) in [6.07, 6.45) is 3.15. The van der Waals surface area contributed by atoms with Crippen molar-refractivity contribution in [3.8, 4) is 0 Å². The van der Waals surface area contributed by atoms with Gasteiger partial charge < -0.3 is 5.32 Å². The molecule has 3 nitrogen and oxygen atoms in total. The normalized spacial score (nSPS) is 15.6. The van der Waals surface area contributed by atoms with Crippen molar-refractivity contribution in [1.29, 1.82) is 0 Å². The number of benzene rings is 2. The number of carbonyl (C=O) groups is 1. The maximum Gasteiger partial charge on any atom is 0.234 e. The van der Waals surface area contributed by atoms with Crippen LogP contribution < -0.4 is 5.32 Å². The molecule has 4 rings (SSSR count). The Morgan fingerprint density at radius 3 is 2.52 bits per heavy atom. The van der Waals surface area contributed by atoms with Crippen molar-refractivity contribution in [3.63, 3.8) is 0 Å². The fourth-order valence-corrected chi connectivity index (χ4v) is 4.41. The highest BCUT2D eigenvalue weighted by molar-refractivity contribution is 7.10. The first-order valence-electron chi connectivity index (χ1n) is 9.74. The lowest BCUT2D eigenvalue weighted by Gasteiger charge is -2.27. The summed E-state index contributed by atoms with van der Waals surface area (Å²) in [7, 11) is 0. The van der Waals surface area contributed by atoms with E-state index in [1.807, 2.05) is 23.6 Å². The van der Waals surface area contributed by atoms with Crippen LogP contribution in [0.5, 0.6) is 0 Å². The van der Waals surface area contributed by atoms with Crippen molar-refractivity contribution in [2.75, 3.05) is 19.6 Å². The summed E-state index contributed by atoms with van der Waals surface area (Å²) < 4.78 is 13.3. The monoisotopic (exact) mass is 406 g/mol. The predicted molar refractivity (Wildman–Crippen MR) is 116 cm³/mol. The van der Waals surface area contributed by atoms with E-state index in [1.54, 1.807) is 23.5 Å². The molecule has 3 aromatic rings. The second kappa shape index (κ2) is 9.16. The number of amides is 1. The SMILES string of the molecule is O=C(CN1CC=C(c2ccccc2)CC1)N[C@@H](c1ccc(F)cc1)c1cccs1. The molecule has 0 bridgehead atoms. The van der Waals surface area contributed by atoms with E-state index in [4.69, 9.17) is 0 Å². The zero-order chi connectivity index (χ0) is 20.1. The molecule has 2 aromatic carbocycles. The summed E-state index contributed by atoms with van der Waals surface area (Å²) in [5.74, 6) is -0.302. The van der Waals surface area contributed by atoms with Crippen molar-refractivity contribution < 1.29 is 9.18 Å². The Balaban J connectivity index is 1.40. The maximum atomic E-state index is 13.3. The minimum Gasteiger partial charge on any atom is -0.343 e. The van der Waals surface area contributed by atoms with Crippen LogP contribution in [0.1, 0.15) is 28.5 Å². The van der Waals surface area contributed by atoms with Crippen molar-refractivity contribution >= 4 is 22.8 Å². The molecule has 0 saturated carbocycles. The predicted octanol–water partition coefficient (Wildman–Crippen LogP) is 4.88. The number of carbonyl (C=O) groups excluding carboxylic acids is 1.